The van der Waals surface area contributed by atoms with Crippen LogP contribution < -0.4 is 5.73 Å². The Morgan fingerprint density at radius 1 is 1.55 bits per heavy atom. The molecule has 11 heavy (non-hydrogen) atoms. The molecule has 1 unspecified atom stereocenters. The van der Waals surface area contributed by atoms with Crippen molar-refractivity contribution in [1.29, 1.82) is 0 Å². The van der Waals surface area contributed by atoms with E-state index in [2.05, 4.69) is 0 Å². The molecule has 0 amide bonds. The molecule has 0 aromatic heterocycles. The van der Waals surface area contributed by atoms with Crippen LogP contribution in [-0.2, 0) is 9.47 Å². The largest absolute Gasteiger partial charge is 0.374 e. The molecule has 1 saturated heterocycles. The van der Waals surface area contributed by atoms with Gasteiger partial charge in [0.1, 0.15) is 5.60 Å². The van der Waals surface area contributed by atoms with Crippen molar-refractivity contribution in [3.05, 3.63) is 0 Å². The van der Waals surface area contributed by atoms with Gasteiger partial charge in [0.15, 0.2) is 0 Å². The van der Waals surface area contributed by atoms with Gasteiger partial charge in [-0.15, -0.1) is 0 Å². The lowest BCUT2D eigenvalue weighted by Gasteiger charge is -2.37. The van der Waals surface area contributed by atoms with Gasteiger partial charge in [-0.05, 0) is 13.8 Å². The average Bonchev–Trinajstić information content (AvgIpc) is 2.26. The summed E-state index contributed by atoms with van der Waals surface area (Å²) in [6.07, 6.45) is 0.896. The van der Waals surface area contributed by atoms with E-state index in [1.54, 1.807) is 7.11 Å². The van der Waals surface area contributed by atoms with E-state index >= 15 is 0 Å². The molecule has 0 spiro atoms. The summed E-state index contributed by atoms with van der Waals surface area (Å²) >= 11 is 0. The van der Waals surface area contributed by atoms with E-state index < -0.39 is 0 Å². The standard InChI is InChI=1S/C8H17NO2/c1-7(2)8(6-9,10-3)4-5-11-7/h4-6,9H2,1-3H3. The van der Waals surface area contributed by atoms with Crippen LogP contribution in [-0.4, -0.2) is 31.5 Å². The first-order valence-electron chi connectivity index (χ1n) is 3.97. The smallest absolute Gasteiger partial charge is 0.110 e. The highest BCUT2D eigenvalue weighted by atomic mass is 16.6. The van der Waals surface area contributed by atoms with Crippen molar-refractivity contribution in [2.24, 2.45) is 5.73 Å². The van der Waals surface area contributed by atoms with Gasteiger partial charge in [-0.2, -0.15) is 0 Å². The van der Waals surface area contributed by atoms with Crippen LogP contribution in [0.25, 0.3) is 0 Å². The summed E-state index contributed by atoms with van der Waals surface area (Å²) in [6.45, 7) is 5.32. The monoisotopic (exact) mass is 159 g/mol. The molecule has 0 bridgehead atoms. The Balaban J connectivity index is 2.81. The van der Waals surface area contributed by atoms with E-state index in [1.165, 1.54) is 0 Å². The molecule has 1 atom stereocenters. The van der Waals surface area contributed by atoms with Gasteiger partial charge < -0.3 is 15.2 Å². The van der Waals surface area contributed by atoms with Crippen LogP contribution in [0, 0.1) is 0 Å². The summed E-state index contributed by atoms with van der Waals surface area (Å²) in [5.74, 6) is 0. The van der Waals surface area contributed by atoms with Gasteiger partial charge in [0.05, 0.1) is 12.2 Å². The molecule has 1 heterocycles. The minimum Gasteiger partial charge on any atom is -0.374 e. The van der Waals surface area contributed by atoms with E-state index in [4.69, 9.17) is 15.2 Å². The van der Waals surface area contributed by atoms with Crippen molar-refractivity contribution in [2.45, 2.75) is 31.5 Å². The molecule has 1 aliphatic heterocycles. The zero-order chi connectivity index (χ0) is 8.54. The quantitative estimate of drug-likeness (QED) is 0.639. The maximum atomic E-state index is 5.65. The Morgan fingerprint density at radius 2 is 2.18 bits per heavy atom. The van der Waals surface area contributed by atoms with E-state index in [0.717, 1.165) is 13.0 Å². The van der Waals surface area contributed by atoms with Crippen LogP contribution in [0.5, 0.6) is 0 Å². The molecule has 3 nitrogen and oxygen atoms in total. The van der Waals surface area contributed by atoms with Crippen molar-refractivity contribution >= 4 is 0 Å². The highest BCUT2D eigenvalue weighted by Crippen LogP contribution is 2.37. The van der Waals surface area contributed by atoms with E-state index in [1.807, 2.05) is 13.8 Å². The third-order valence-electron chi connectivity index (χ3n) is 2.79. The number of methoxy groups -OCH3 is 1. The first kappa shape index (κ1) is 8.97. The van der Waals surface area contributed by atoms with Gasteiger partial charge in [0.25, 0.3) is 0 Å². The van der Waals surface area contributed by atoms with Crippen molar-refractivity contribution in [2.75, 3.05) is 20.3 Å². The summed E-state index contributed by atoms with van der Waals surface area (Å²) in [7, 11) is 1.70. The summed E-state index contributed by atoms with van der Waals surface area (Å²) < 4.78 is 10.9. The van der Waals surface area contributed by atoms with Crippen molar-refractivity contribution in [3.63, 3.8) is 0 Å². The fourth-order valence-corrected chi connectivity index (χ4v) is 1.68. The van der Waals surface area contributed by atoms with Gasteiger partial charge in [-0.25, -0.2) is 0 Å². The molecule has 0 aliphatic carbocycles. The minimum absolute atomic E-state index is 0.240. The number of ether oxygens (including phenoxy) is 2. The highest BCUT2D eigenvalue weighted by molar-refractivity contribution is 5.01. The fraction of sp³-hybridized carbons (Fsp3) is 1.00. The molecule has 3 heteroatoms. The van der Waals surface area contributed by atoms with E-state index in [-0.39, 0.29) is 11.2 Å². The molecular formula is C8H17NO2. The zero-order valence-electron chi connectivity index (χ0n) is 7.52. The summed E-state index contributed by atoms with van der Waals surface area (Å²) in [6, 6.07) is 0. The molecule has 0 saturated carbocycles. The Morgan fingerprint density at radius 3 is 2.36 bits per heavy atom. The predicted octanol–water partition coefficient (Wildman–Crippen LogP) is 0.529. The average molecular weight is 159 g/mol. The number of rotatable bonds is 2. The predicted molar refractivity (Wildman–Crippen MR) is 43.4 cm³/mol. The Hall–Kier alpha value is -0.120. The summed E-state index contributed by atoms with van der Waals surface area (Å²) in [5, 5.41) is 0. The molecule has 66 valence electrons. The van der Waals surface area contributed by atoms with E-state index in [9.17, 15) is 0 Å². The zero-order valence-corrected chi connectivity index (χ0v) is 7.52. The van der Waals surface area contributed by atoms with Gasteiger partial charge in [-0.3, -0.25) is 0 Å². The van der Waals surface area contributed by atoms with Crippen molar-refractivity contribution in [3.8, 4) is 0 Å². The number of hydrogen-bond acceptors (Lipinski definition) is 3. The molecule has 0 aromatic rings. The Bertz CT molecular complexity index is 141. The Kier molecular flexibility index (Phi) is 2.23. The van der Waals surface area contributed by atoms with Crippen LogP contribution in [0.2, 0.25) is 0 Å². The van der Waals surface area contributed by atoms with Crippen LogP contribution in [0.15, 0.2) is 0 Å². The van der Waals surface area contributed by atoms with Gasteiger partial charge in [0.2, 0.25) is 0 Å². The van der Waals surface area contributed by atoms with Crippen LogP contribution >= 0.6 is 0 Å². The first-order valence-corrected chi connectivity index (χ1v) is 3.97. The lowest BCUT2D eigenvalue weighted by molar-refractivity contribution is -0.113. The maximum Gasteiger partial charge on any atom is 0.110 e. The minimum atomic E-state index is -0.271. The number of nitrogens with two attached hydrogens (primary N) is 1. The second kappa shape index (κ2) is 2.73. The van der Waals surface area contributed by atoms with E-state index in [0.29, 0.717) is 6.54 Å². The molecule has 0 radical (unpaired) electrons. The summed E-state index contributed by atoms with van der Waals surface area (Å²) in [5.41, 5.74) is 5.14. The highest BCUT2D eigenvalue weighted by Gasteiger charge is 2.49. The lowest BCUT2D eigenvalue weighted by atomic mass is 9.85. The molecule has 1 fully saturated rings. The normalized spacial score (nSPS) is 36.0. The van der Waals surface area contributed by atoms with Gasteiger partial charge >= 0.3 is 0 Å². The maximum absolute atomic E-state index is 5.65. The van der Waals surface area contributed by atoms with Crippen molar-refractivity contribution < 1.29 is 9.47 Å². The molecule has 1 rings (SSSR count). The summed E-state index contributed by atoms with van der Waals surface area (Å²) in [4.78, 5) is 0. The second-order valence-electron chi connectivity index (χ2n) is 3.51. The third-order valence-corrected chi connectivity index (χ3v) is 2.79. The fourth-order valence-electron chi connectivity index (χ4n) is 1.68. The van der Waals surface area contributed by atoms with Gasteiger partial charge in [-0.1, -0.05) is 0 Å². The SMILES string of the molecule is COC1(CN)CCOC1(C)C. The van der Waals surface area contributed by atoms with Crippen LogP contribution in [0.4, 0.5) is 0 Å². The van der Waals surface area contributed by atoms with Crippen LogP contribution in [0.1, 0.15) is 20.3 Å². The van der Waals surface area contributed by atoms with Crippen LogP contribution in [0.3, 0.4) is 0 Å². The van der Waals surface area contributed by atoms with Gasteiger partial charge in [0, 0.05) is 20.1 Å². The third kappa shape index (κ3) is 1.17. The molecular weight excluding hydrogens is 142 g/mol. The molecule has 1 aliphatic rings. The second-order valence-corrected chi connectivity index (χ2v) is 3.51. The Labute approximate surface area is 67.9 Å². The molecule has 0 aromatic carbocycles. The number of hydrogen-bond donors (Lipinski definition) is 1. The first-order chi connectivity index (χ1) is 5.08. The van der Waals surface area contributed by atoms with Crippen molar-refractivity contribution in [1.82, 2.24) is 0 Å². The molecule has 2 N–H and O–H groups in total. The lowest BCUT2D eigenvalue weighted by Crippen LogP contribution is -2.53. The topological polar surface area (TPSA) is 44.5 Å².